The normalized spacial score (nSPS) is 22.8. The molecule has 562 valence electrons. The van der Waals surface area contributed by atoms with Crippen molar-refractivity contribution in [3.63, 3.8) is 0 Å². The molecule has 6 aromatic heterocycles. The second-order valence-corrected chi connectivity index (χ2v) is 27.1. The Morgan fingerprint density at radius 1 is 0.639 bits per heavy atom. The minimum absolute atomic E-state index is 0. The number of aromatic nitrogens is 6. The first kappa shape index (κ1) is 91.8. The SMILES string of the molecule is C=CCBr.C=CCC1(C(=O)OCC)Cc2ncccc2C1=O.C=CCC1Cc2ncccc2C12CNC(=O)N2.C=CCC1Cc2ncccc2C1=O.CC(=O)C1Cc2ncccc2C1=O.CCCCC1Cc2ncccc2C12CNC(=O)N2.NC1(C(=O)O)c2cccnc2CC1CCCB(O)O.O=CO[O-].[H-].[K+].[K+]. The number of ether oxygens (including phenoxy) is 1. The Morgan fingerprint density at radius 2 is 1.09 bits per heavy atom. The maximum atomic E-state index is 12.4. The van der Waals surface area contributed by atoms with Crippen molar-refractivity contribution in [1.29, 1.82) is 0 Å². The third kappa shape index (κ3) is 21.8. The number of pyridine rings is 6. The molecule has 6 aliphatic carbocycles. The summed E-state index contributed by atoms with van der Waals surface area (Å²) in [5.41, 5.74) is 13.2. The average molecular weight is 1590 g/mol. The van der Waals surface area contributed by atoms with Crippen LogP contribution in [-0.2, 0) is 83.9 Å². The van der Waals surface area contributed by atoms with Crippen LogP contribution in [0.3, 0.4) is 0 Å². The summed E-state index contributed by atoms with van der Waals surface area (Å²) in [4.78, 5) is 130. The Morgan fingerprint density at radius 3 is 1.53 bits per heavy atom. The second-order valence-electron chi connectivity index (χ2n) is 26.5. The van der Waals surface area contributed by atoms with Crippen molar-refractivity contribution in [2.75, 3.05) is 25.0 Å². The van der Waals surface area contributed by atoms with Crippen molar-refractivity contribution in [3.05, 3.63) is 228 Å². The number of carboxylic acids is 1. The zero-order valence-electron chi connectivity index (χ0n) is 62.9. The Hall–Kier alpha value is -6.85. The molecule has 9 atom stereocenters. The number of nitrogens with zero attached hydrogens (tertiary/aromatic N) is 6. The van der Waals surface area contributed by atoms with Crippen LogP contribution in [0.2, 0.25) is 6.32 Å². The summed E-state index contributed by atoms with van der Waals surface area (Å²) in [6.45, 7) is 21.3. The minimum Gasteiger partial charge on any atom is -1.00 e. The number of nitrogens with one attached hydrogen (secondary N) is 4. The van der Waals surface area contributed by atoms with Gasteiger partial charge in [-0.2, -0.15) is 0 Å². The first-order valence-electron chi connectivity index (χ1n) is 35.2. The molecule has 2 spiro atoms. The maximum absolute atomic E-state index is 12.4. The summed E-state index contributed by atoms with van der Waals surface area (Å²) < 4.78 is 5.05. The fraction of sp³-hybridized carbons (Fsp3) is 0.397. The van der Waals surface area contributed by atoms with E-state index in [1.165, 1.54) is 25.3 Å². The number of nitrogens with two attached hydrogens (primary N) is 1. The molecule has 108 heavy (non-hydrogen) atoms. The van der Waals surface area contributed by atoms with Crippen LogP contribution < -0.4 is 135 Å². The van der Waals surface area contributed by atoms with Crippen molar-refractivity contribution < 1.29 is 177 Å². The van der Waals surface area contributed by atoms with E-state index < -0.39 is 35.9 Å². The van der Waals surface area contributed by atoms with Gasteiger partial charge < -0.3 is 58.5 Å². The van der Waals surface area contributed by atoms with Crippen molar-refractivity contribution in [2.24, 2.45) is 40.7 Å². The number of aliphatic carboxylic acids is 1. The van der Waals surface area contributed by atoms with Gasteiger partial charge in [0.2, 0.25) is 0 Å². The number of hydrogen-bond donors (Lipinski definition) is 8. The number of halogens is 1. The molecule has 9 N–H and O–H groups in total. The predicted molar refractivity (Wildman–Crippen MR) is 398 cm³/mol. The molecule has 14 rings (SSSR count). The van der Waals surface area contributed by atoms with Gasteiger partial charge in [0, 0.05) is 131 Å². The number of esters is 1. The molecule has 2 fully saturated rings. The molecule has 2 saturated heterocycles. The fourth-order valence-corrected chi connectivity index (χ4v) is 14.9. The van der Waals surface area contributed by atoms with E-state index in [0.29, 0.717) is 79.4 Å². The molecule has 2 aliphatic heterocycles. The molecular weight excluding hydrogens is 1500 g/mol. The average Bonchev–Trinajstić information content (AvgIpc) is 1.50. The van der Waals surface area contributed by atoms with Gasteiger partial charge in [-0.05, 0) is 144 Å². The number of hydrogen-bond acceptors (Lipinski definition) is 21. The summed E-state index contributed by atoms with van der Waals surface area (Å²) in [5.74, 6) is -1.50. The van der Waals surface area contributed by atoms with Crippen molar-refractivity contribution in [3.8, 4) is 0 Å². The van der Waals surface area contributed by atoms with Gasteiger partial charge in [0.15, 0.2) is 17.3 Å². The van der Waals surface area contributed by atoms with Gasteiger partial charge in [-0.1, -0.05) is 84.6 Å². The Bertz CT molecular complexity index is 4180. The first-order chi connectivity index (χ1) is 51.0. The number of carbonyl (C=O) groups is 9. The van der Waals surface area contributed by atoms with E-state index in [0.717, 1.165) is 83.5 Å². The fourth-order valence-electron chi connectivity index (χ4n) is 14.9. The standard InChI is InChI=1S/C14H19N3O.C14H15NO3.C13H15N3O.C12H17BN2O4.C11H11NO.C10H9NO2.C3H5Br.CH2O3.2K.H/c1-2-3-5-10-8-12-11(6-4-7-15-12)14(10)9-16-13(18)17-14;1-3-7-14(13(17)18-4-2)9-11-10(12(14)16)6-5-8-15-11;1-2-4-9-7-11-10(5-3-6-14-11)13(9)8-15-12(17)16-13;14-12(11(16)17)8(3-1-5-13(18)19)7-10-9(12)4-2-6-15-10;1-2-4-8-7-10-9(11(8)13)5-3-6-12-10;1-6(12)8-5-9-7(10(8)13)3-2-4-11-9;1-2-3-4;2-1-4-3;;;/h4,6-7,10H,2-3,5,8-9H2,1H3,(H2,16,17,18);3,5-6,8H,1,4,7,9H2,2H3;2-3,5-6,9H,1,4,7-8H2,(H2,15,16,17);2,4,6,8,18-19H,1,3,5,7,14H2,(H,16,17);2-3,5-6,8H,1,4,7H2;2-4,8H,5H2,1H3;2H,1,3H2;1,3H;;;/q;;;;;;;;2*+1;-1/p-1. The number of Topliss-reactive ketones (excluding diaryl/α,β-unsaturated/α-hetero) is 4. The van der Waals surface area contributed by atoms with Gasteiger partial charge in [0.1, 0.15) is 16.7 Å². The molecule has 8 aliphatic rings. The van der Waals surface area contributed by atoms with Crippen LogP contribution in [0.25, 0.3) is 0 Å². The number of fused-ring (bicyclic) bond motifs is 8. The van der Waals surface area contributed by atoms with Crippen LogP contribution in [0.4, 0.5) is 9.59 Å². The number of carbonyl (C=O) groups excluding carboxylic acids is 8. The van der Waals surface area contributed by atoms with E-state index in [4.69, 9.17) is 30.6 Å². The Balaban J connectivity index is 0.000000270. The number of carboxylic acid groups (broad SMARTS) is 1. The van der Waals surface area contributed by atoms with E-state index in [9.17, 15) is 43.5 Å². The van der Waals surface area contributed by atoms with E-state index >= 15 is 0 Å². The van der Waals surface area contributed by atoms with E-state index in [1.54, 1.807) is 86.3 Å². The largest absolute Gasteiger partial charge is 1.00 e. The van der Waals surface area contributed by atoms with Crippen LogP contribution in [0.5, 0.6) is 0 Å². The summed E-state index contributed by atoms with van der Waals surface area (Å²) >= 11 is 3.13. The van der Waals surface area contributed by atoms with Gasteiger partial charge in [0.25, 0.3) is 6.47 Å². The number of unbranched alkanes of at least 4 members (excludes halogenated alkanes) is 1. The summed E-state index contributed by atoms with van der Waals surface area (Å²) in [7, 11) is -1.36. The molecule has 26 nitrogen and oxygen atoms in total. The molecular formula is C78H93BBrK2N11O15. The number of allylic oxidation sites excluding steroid dienone is 4. The van der Waals surface area contributed by atoms with Crippen molar-refractivity contribution >= 4 is 76.7 Å². The zero-order valence-corrected chi connectivity index (χ0v) is 69.7. The Labute approximate surface area is 724 Å². The molecule has 30 heteroatoms. The van der Waals surface area contributed by atoms with Crippen molar-refractivity contribution in [1.82, 2.24) is 51.2 Å². The van der Waals surface area contributed by atoms with Gasteiger partial charge in [-0.25, -0.2) is 14.4 Å². The minimum atomic E-state index is -1.43. The zero-order chi connectivity index (χ0) is 77.2. The quantitative estimate of drug-likeness (QED) is 0.00841. The smallest absolute Gasteiger partial charge is 1.00 e. The summed E-state index contributed by atoms with van der Waals surface area (Å²) in [6, 6.07) is 21.9. The second kappa shape index (κ2) is 44.3. The number of ketones is 4. The molecule has 0 saturated carbocycles. The van der Waals surface area contributed by atoms with Crippen LogP contribution in [-0.4, -0.2) is 131 Å². The predicted octanol–water partition coefficient (Wildman–Crippen LogP) is 2.14. The number of amides is 4. The van der Waals surface area contributed by atoms with Crippen LogP contribution >= 0.6 is 15.9 Å². The molecule has 0 bridgehead atoms. The molecule has 4 amide bonds. The van der Waals surface area contributed by atoms with Gasteiger partial charge in [-0.15, -0.1) is 26.3 Å². The van der Waals surface area contributed by atoms with Gasteiger partial charge in [-0.3, -0.25) is 58.7 Å². The van der Waals surface area contributed by atoms with Crippen LogP contribution in [0, 0.1) is 35.0 Å². The summed E-state index contributed by atoms with van der Waals surface area (Å²) in [5, 5.41) is 48.5. The maximum Gasteiger partial charge on any atom is 1.00 e. The number of alkyl halides is 1. The van der Waals surface area contributed by atoms with E-state index in [-0.39, 0.29) is 188 Å². The Kier molecular flexibility index (Phi) is 37.6. The first-order valence-corrected chi connectivity index (χ1v) is 36.3. The van der Waals surface area contributed by atoms with Gasteiger partial charge in [0.05, 0.1) is 40.7 Å². The van der Waals surface area contributed by atoms with Crippen LogP contribution in [0.15, 0.2) is 161 Å². The topological polar surface area (TPSA) is 407 Å². The van der Waals surface area contributed by atoms with Gasteiger partial charge >= 0.3 is 134 Å². The molecule has 6 aromatic rings. The molecule has 0 radical (unpaired) electrons. The third-order valence-corrected chi connectivity index (χ3v) is 20.5. The van der Waals surface area contributed by atoms with Crippen LogP contribution in [0.1, 0.15) is 155 Å². The molecule has 0 aromatic carbocycles. The number of rotatable bonds is 19. The van der Waals surface area contributed by atoms with E-state index in [1.807, 2.05) is 42.7 Å². The third-order valence-electron chi connectivity index (χ3n) is 20.0. The molecule has 8 heterocycles. The van der Waals surface area contributed by atoms with Crippen molar-refractivity contribution in [2.45, 2.75) is 134 Å². The number of urea groups is 2. The molecule has 9 unspecified atom stereocenters. The monoisotopic (exact) mass is 1590 g/mol. The summed E-state index contributed by atoms with van der Waals surface area (Å²) in [6.07, 6.45) is 28.1. The van der Waals surface area contributed by atoms with E-state index in [2.05, 4.69) is 117 Å².